The van der Waals surface area contributed by atoms with Crippen LogP contribution < -0.4 is 9.47 Å². The first-order chi connectivity index (χ1) is 16.9. The molecule has 3 heterocycles. The van der Waals surface area contributed by atoms with Crippen LogP contribution in [0.15, 0.2) is 47.6 Å². The molecule has 3 aliphatic heterocycles. The number of hydrazine groups is 1. The van der Waals surface area contributed by atoms with E-state index in [1.165, 1.54) is 5.56 Å². The minimum absolute atomic E-state index is 0.237. The van der Waals surface area contributed by atoms with E-state index < -0.39 is 11.8 Å². The van der Waals surface area contributed by atoms with Crippen LogP contribution in [0.25, 0.3) is 0 Å². The van der Waals surface area contributed by atoms with Gasteiger partial charge >= 0.3 is 0 Å². The summed E-state index contributed by atoms with van der Waals surface area (Å²) in [7, 11) is 1.61. The summed E-state index contributed by atoms with van der Waals surface area (Å²) < 4.78 is 17.3. The Morgan fingerprint density at radius 1 is 1.23 bits per heavy atom. The average Bonchev–Trinajstić information content (AvgIpc) is 3.25. The second-order valence-electron chi connectivity index (χ2n) is 9.45. The molecule has 2 aromatic carbocycles. The predicted octanol–water partition coefficient (Wildman–Crippen LogP) is 2.50. The molecule has 5 rings (SSSR count). The van der Waals surface area contributed by atoms with Crippen molar-refractivity contribution < 1.29 is 24.1 Å². The highest BCUT2D eigenvalue weighted by Gasteiger charge is 2.42. The Hall–Kier alpha value is -3.14. The van der Waals surface area contributed by atoms with E-state index in [-0.39, 0.29) is 6.23 Å². The smallest absolute Gasteiger partial charge is 0.260 e. The SMILES string of the molecule is CCC1(O)CN(Cc2ccc(OC3CCN3N3N=C(c4ccc(OC)cc4)OC3C=O)c(C)c2)C1. The van der Waals surface area contributed by atoms with Gasteiger partial charge in [-0.15, -0.1) is 5.10 Å². The molecule has 186 valence electrons. The number of ether oxygens (including phenoxy) is 3. The van der Waals surface area contributed by atoms with Gasteiger partial charge < -0.3 is 19.3 Å². The number of benzene rings is 2. The van der Waals surface area contributed by atoms with E-state index >= 15 is 0 Å². The van der Waals surface area contributed by atoms with Gasteiger partial charge in [0.05, 0.1) is 12.7 Å². The number of nitrogens with zero attached hydrogens (tertiary/aromatic N) is 4. The lowest BCUT2D eigenvalue weighted by molar-refractivity contribution is -0.218. The van der Waals surface area contributed by atoms with E-state index in [0.717, 1.165) is 48.3 Å². The zero-order valence-corrected chi connectivity index (χ0v) is 20.4. The molecule has 2 aromatic rings. The highest BCUT2D eigenvalue weighted by molar-refractivity contribution is 5.95. The van der Waals surface area contributed by atoms with Crippen LogP contribution in [-0.2, 0) is 16.1 Å². The Kier molecular flexibility index (Phi) is 6.39. The number of hydrogen-bond donors (Lipinski definition) is 1. The number of rotatable bonds is 9. The van der Waals surface area contributed by atoms with Crippen molar-refractivity contribution in [2.24, 2.45) is 5.10 Å². The molecule has 0 aliphatic carbocycles. The Morgan fingerprint density at radius 2 is 2.00 bits per heavy atom. The summed E-state index contributed by atoms with van der Waals surface area (Å²) >= 11 is 0. The van der Waals surface area contributed by atoms with Crippen LogP contribution in [0.1, 0.15) is 36.5 Å². The van der Waals surface area contributed by atoms with Crippen molar-refractivity contribution in [3.05, 3.63) is 59.2 Å². The minimum atomic E-state index is -0.833. The van der Waals surface area contributed by atoms with E-state index in [1.54, 1.807) is 12.2 Å². The Morgan fingerprint density at radius 3 is 2.60 bits per heavy atom. The molecule has 0 aromatic heterocycles. The van der Waals surface area contributed by atoms with Gasteiger partial charge in [0.15, 0.2) is 12.5 Å². The average molecular weight is 481 g/mol. The summed E-state index contributed by atoms with van der Waals surface area (Å²) in [5, 5.41) is 18.3. The number of β-amino-alcohol motifs (C(OH)–C–C–N with tert-alkyl or cyclic N) is 1. The summed E-state index contributed by atoms with van der Waals surface area (Å²) in [5.41, 5.74) is 2.48. The maximum Gasteiger partial charge on any atom is 0.260 e. The summed E-state index contributed by atoms with van der Waals surface area (Å²) in [6.45, 7) is 7.01. The molecule has 0 saturated carbocycles. The maximum absolute atomic E-state index is 11.7. The van der Waals surface area contributed by atoms with Crippen LogP contribution in [0.4, 0.5) is 0 Å². The molecule has 0 spiro atoms. The lowest BCUT2D eigenvalue weighted by Crippen LogP contribution is -2.60. The van der Waals surface area contributed by atoms with Crippen LogP contribution in [0, 0.1) is 6.92 Å². The van der Waals surface area contributed by atoms with Crippen LogP contribution >= 0.6 is 0 Å². The summed E-state index contributed by atoms with van der Waals surface area (Å²) in [5.74, 6) is 1.93. The van der Waals surface area contributed by atoms with Crippen LogP contribution in [0.3, 0.4) is 0 Å². The normalized spacial score (nSPS) is 23.7. The molecule has 3 aliphatic rings. The topological polar surface area (TPSA) is 87.1 Å². The third kappa shape index (κ3) is 4.71. The highest BCUT2D eigenvalue weighted by atomic mass is 16.6. The van der Waals surface area contributed by atoms with Gasteiger partial charge in [0.1, 0.15) is 11.5 Å². The van der Waals surface area contributed by atoms with E-state index in [0.29, 0.717) is 25.5 Å². The molecule has 0 bridgehead atoms. The first-order valence-electron chi connectivity index (χ1n) is 12.0. The molecule has 2 unspecified atom stereocenters. The van der Waals surface area contributed by atoms with Gasteiger partial charge in [-0.05, 0) is 54.8 Å². The maximum atomic E-state index is 11.7. The van der Waals surface area contributed by atoms with Crippen molar-refractivity contribution in [2.45, 2.75) is 51.3 Å². The number of hydrogen-bond acceptors (Lipinski definition) is 9. The van der Waals surface area contributed by atoms with Crippen molar-refractivity contribution >= 4 is 12.2 Å². The largest absolute Gasteiger partial charge is 0.497 e. The van der Waals surface area contributed by atoms with E-state index in [1.807, 2.05) is 49.2 Å². The van der Waals surface area contributed by atoms with Gasteiger partial charge in [0.2, 0.25) is 5.90 Å². The molecule has 2 fully saturated rings. The number of aldehydes is 1. The third-order valence-electron chi connectivity index (χ3n) is 6.91. The standard InChI is InChI=1S/C26H32N4O5/c1-4-26(32)16-28(17-26)14-19-5-10-22(18(2)13-19)34-23-11-12-29(23)30-24(15-31)35-25(27-30)20-6-8-21(33-3)9-7-20/h5-10,13,15,23-24,32H,4,11-12,14,16-17H2,1-3H3. The zero-order chi connectivity index (χ0) is 24.6. The molecule has 9 nitrogen and oxygen atoms in total. The fourth-order valence-corrected chi connectivity index (χ4v) is 4.65. The van der Waals surface area contributed by atoms with Crippen molar-refractivity contribution in [1.82, 2.24) is 15.0 Å². The number of likely N-dealkylation sites (tertiary alicyclic amines) is 1. The van der Waals surface area contributed by atoms with Crippen molar-refractivity contribution in [1.29, 1.82) is 0 Å². The minimum Gasteiger partial charge on any atom is -0.497 e. The Bertz CT molecular complexity index is 1100. The number of methoxy groups -OCH3 is 1. The first kappa shape index (κ1) is 23.6. The molecular weight excluding hydrogens is 448 g/mol. The molecule has 2 atom stereocenters. The molecule has 2 saturated heterocycles. The summed E-state index contributed by atoms with van der Waals surface area (Å²) in [6, 6.07) is 13.6. The molecule has 1 N–H and O–H groups in total. The van der Waals surface area contributed by atoms with Crippen molar-refractivity contribution in [3.8, 4) is 11.5 Å². The lowest BCUT2D eigenvalue weighted by Gasteiger charge is -2.46. The monoisotopic (exact) mass is 480 g/mol. The zero-order valence-electron chi connectivity index (χ0n) is 20.4. The number of carbonyl (C=O) groups excluding carboxylic acids is 1. The number of aryl methyl sites for hydroxylation is 1. The quantitative estimate of drug-likeness (QED) is 0.548. The molecule has 0 radical (unpaired) electrons. The fourth-order valence-electron chi connectivity index (χ4n) is 4.65. The van der Waals surface area contributed by atoms with E-state index in [2.05, 4.69) is 22.1 Å². The van der Waals surface area contributed by atoms with Crippen LogP contribution in [-0.4, -0.2) is 77.1 Å². The molecular formula is C26H32N4O5. The summed E-state index contributed by atoms with van der Waals surface area (Å²) in [4.78, 5) is 14.0. The van der Waals surface area contributed by atoms with Gasteiger partial charge in [-0.1, -0.05) is 19.1 Å². The van der Waals surface area contributed by atoms with Gasteiger partial charge in [0.25, 0.3) is 6.23 Å². The number of carbonyl (C=O) groups is 1. The van der Waals surface area contributed by atoms with Gasteiger partial charge in [-0.25, -0.2) is 0 Å². The van der Waals surface area contributed by atoms with E-state index in [4.69, 9.17) is 14.2 Å². The molecule has 35 heavy (non-hydrogen) atoms. The third-order valence-corrected chi connectivity index (χ3v) is 6.91. The van der Waals surface area contributed by atoms with Gasteiger partial charge in [-0.3, -0.25) is 9.69 Å². The molecule has 9 heteroatoms. The van der Waals surface area contributed by atoms with Crippen molar-refractivity contribution in [2.75, 3.05) is 26.7 Å². The lowest BCUT2D eigenvalue weighted by atomic mass is 9.91. The Labute approximate surface area is 205 Å². The second-order valence-corrected chi connectivity index (χ2v) is 9.45. The number of hydrazone groups is 1. The second kappa shape index (κ2) is 9.49. The highest BCUT2D eigenvalue weighted by Crippen LogP contribution is 2.32. The van der Waals surface area contributed by atoms with Gasteiger partial charge in [0, 0.05) is 38.2 Å². The van der Waals surface area contributed by atoms with Gasteiger partial charge in [-0.2, -0.15) is 10.1 Å². The predicted molar refractivity (Wildman–Crippen MR) is 130 cm³/mol. The summed E-state index contributed by atoms with van der Waals surface area (Å²) in [6.07, 6.45) is 1.27. The molecule has 0 amide bonds. The van der Waals surface area contributed by atoms with Crippen LogP contribution in [0.2, 0.25) is 0 Å². The first-order valence-corrected chi connectivity index (χ1v) is 12.0. The Balaban J connectivity index is 1.23. The van der Waals surface area contributed by atoms with E-state index in [9.17, 15) is 9.90 Å². The number of aliphatic hydroxyl groups is 1. The fraction of sp³-hybridized carbons (Fsp3) is 0.462. The van der Waals surface area contributed by atoms with Crippen molar-refractivity contribution in [3.63, 3.8) is 0 Å². The van der Waals surface area contributed by atoms with Crippen LogP contribution in [0.5, 0.6) is 11.5 Å².